The van der Waals surface area contributed by atoms with Crippen LogP contribution in [0, 0.1) is 0 Å². The SMILES string of the molecule is O=C(CCCC(=O)Nc1ccc2c(c1)OCCO2)Nc1ccc2c(c1)OCCO2. The number of amides is 2. The highest BCUT2D eigenvalue weighted by atomic mass is 16.6. The molecule has 0 aliphatic carbocycles. The highest BCUT2D eigenvalue weighted by molar-refractivity contribution is 5.93. The zero-order valence-corrected chi connectivity index (χ0v) is 15.9. The van der Waals surface area contributed by atoms with Crippen LogP contribution in [0.25, 0.3) is 0 Å². The number of carbonyl (C=O) groups excluding carboxylic acids is 2. The molecule has 2 aromatic rings. The fourth-order valence-corrected chi connectivity index (χ4v) is 3.10. The Morgan fingerprint density at radius 3 is 1.52 bits per heavy atom. The van der Waals surface area contributed by atoms with E-state index in [-0.39, 0.29) is 24.7 Å². The minimum absolute atomic E-state index is 0.159. The molecule has 0 saturated carbocycles. The van der Waals surface area contributed by atoms with Gasteiger partial charge in [-0.25, -0.2) is 0 Å². The summed E-state index contributed by atoms with van der Waals surface area (Å²) < 4.78 is 21.9. The average Bonchev–Trinajstić information content (AvgIpc) is 2.73. The summed E-state index contributed by atoms with van der Waals surface area (Å²) in [6.07, 6.45) is 0.915. The summed E-state index contributed by atoms with van der Waals surface area (Å²) in [5.41, 5.74) is 1.28. The van der Waals surface area contributed by atoms with Gasteiger partial charge in [0.05, 0.1) is 0 Å². The van der Waals surface area contributed by atoms with Crippen LogP contribution in [0.3, 0.4) is 0 Å². The van der Waals surface area contributed by atoms with Gasteiger partial charge in [0.2, 0.25) is 11.8 Å². The summed E-state index contributed by atoms with van der Waals surface area (Å²) in [5.74, 6) is 2.26. The Labute approximate surface area is 168 Å². The lowest BCUT2D eigenvalue weighted by Gasteiger charge is -2.19. The van der Waals surface area contributed by atoms with E-state index in [0.717, 1.165) is 0 Å². The normalized spacial score (nSPS) is 14.1. The van der Waals surface area contributed by atoms with E-state index in [1.54, 1.807) is 36.4 Å². The Hall–Kier alpha value is -3.42. The van der Waals surface area contributed by atoms with Gasteiger partial charge in [0.15, 0.2) is 23.0 Å². The van der Waals surface area contributed by atoms with E-state index >= 15 is 0 Å². The molecule has 0 saturated heterocycles. The second-order valence-corrected chi connectivity index (χ2v) is 6.67. The van der Waals surface area contributed by atoms with Crippen molar-refractivity contribution in [3.63, 3.8) is 0 Å². The quantitative estimate of drug-likeness (QED) is 0.777. The number of fused-ring (bicyclic) bond motifs is 2. The molecule has 0 spiro atoms. The van der Waals surface area contributed by atoms with Crippen LogP contribution >= 0.6 is 0 Å². The first-order valence-electron chi connectivity index (χ1n) is 9.56. The van der Waals surface area contributed by atoms with Crippen molar-refractivity contribution in [1.29, 1.82) is 0 Å². The predicted molar refractivity (Wildman–Crippen MR) is 106 cm³/mol. The Balaban J connectivity index is 1.21. The minimum atomic E-state index is -0.159. The second-order valence-electron chi connectivity index (χ2n) is 6.67. The van der Waals surface area contributed by atoms with Gasteiger partial charge in [-0.15, -0.1) is 0 Å². The highest BCUT2D eigenvalue weighted by Gasteiger charge is 2.14. The van der Waals surface area contributed by atoms with Gasteiger partial charge in [0, 0.05) is 36.3 Å². The van der Waals surface area contributed by atoms with Crippen LogP contribution in [0.1, 0.15) is 19.3 Å². The Kier molecular flexibility index (Phi) is 5.69. The molecule has 2 amide bonds. The van der Waals surface area contributed by atoms with E-state index < -0.39 is 0 Å². The smallest absolute Gasteiger partial charge is 0.224 e. The zero-order chi connectivity index (χ0) is 20.1. The third kappa shape index (κ3) is 4.90. The maximum absolute atomic E-state index is 12.1. The molecule has 2 aromatic carbocycles. The lowest BCUT2D eigenvalue weighted by atomic mass is 10.2. The van der Waals surface area contributed by atoms with Gasteiger partial charge in [-0.2, -0.15) is 0 Å². The van der Waals surface area contributed by atoms with Crippen LogP contribution in [0.4, 0.5) is 11.4 Å². The largest absolute Gasteiger partial charge is 0.486 e. The minimum Gasteiger partial charge on any atom is -0.486 e. The van der Waals surface area contributed by atoms with E-state index in [9.17, 15) is 9.59 Å². The maximum Gasteiger partial charge on any atom is 0.224 e. The fourth-order valence-electron chi connectivity index (χ4n) is 3.10. The van der Waals surface area contributed by atoms with Gasteiger partial charge in [-0.3, -0.25) is 9.59 Å². The molecule has 8 heteroatoms. The lowest BCUT2D eigenvalue weighted by Crippen LogP contribution is -2.17. The van der Waals surface area contributed by atoms with Gasteiger partial charge >= 0.3 is 0 Å². The number of hydrogen-bond donors (Lipinski definition) is 2. The molecule has 0 atom stereocenters. The van der Waals surface area contributed by atoms with Crippen molar-refractivity contribution in [2.75, 3.05) is 37.1 Å². The van der Waals surface area contributed by atoms with Crippen molar-refractivity contribution < 1.29 is 28.5 Å². The van der Waals surface area contributed by atoms with Crippen molar-refractivity contribution in [3.8, 4) is 23.0 Å². The maximum atomic E-state index is 12.1. The van der Waals surface area contributed by atoms with Crippen LogP contribution in [0.5, 0.6) is 23.0 Å². The number of carbonyl (C=O) groups is 2. The molecule has 0 unspecified atom stereocenters. The third-order valence-corrected chi connectivity index (χ3v) is 4.46. The highest BCUT2D eigenvalue weighted by Crippen LogP contribution is 2.33. The summed E-state index contributed by atoms with van der Waals surface area (Å²) in [5, 5.41) is 5.63. The summed E-state index contributed by atoms with van der Waals surface area (Å²) in [7, 11) is 0. The number of ether oxygens (including phenoxy) is 4. The van der Waals surface area contributed by atoms with Crippen LogP contribution in [-0.4, -0.2) is 38.2 Å². The average molecular weight is 398 g/mol. The van der Waals surface area contributed by atoms with Gasteiger partial charge in [-0.1, -0.05) is 0 Å². The number of nitrogens with one attached hydrogen (secondary N) is 2. The molecule has 8 nitrogen and oxygen atoms in total. The first kappa shape index (κ1) is 18.9. The van der Waals surface area contributed by atoms with E-state index in [4.69, 9.17) is 18.9 Å². The summed E-state index contributed by atoms with van der Waals surface area (Å²) >= 11 is 0. The molecule has 29 heavy (non-hydrogen) atoms. The second kappa shape index (κ2) is 8.72. The predicted octanol–water partition coefficient (Wildman–Crippen LogP) is 2.98. The van der Waals surface area contributed by atoms with Crippen LogP contribution in [0.15, 0.2) is 36.4 Å². The number of anilines is 2. The monoisotopic (exact) mass is 398 g/mol. The van der Waals surface area contributed by atoms with Crippen molar-refractivity contribution in [3.05, 3.63) is 36.4 Å². The molecule has 2 N–H and O–H groups in total. The Bertz CT molecular complexity index is 841. The summed E-state index contributed by atoms with van der Waals surface area (Å²) in [6.45, 7) is 2.02. The van der Waals surface area contributed by atoms with Gasteiger partial charge in [-0.05, 0) is 30.7 Å². The fraction of sp³-hybridized carbons (Fsp3) is 0.333. The summed E-state index contributed by atoms with van der Waals surface area (Å²) in [6, 6.07) is 10.5. The van der Waals surface area contributed by atoms with Crippen LogP contribution in [-0.2, 0) is 9.59 Å². The zero-order valence-electron chi connectivity index (χ0n) is 15.9. The van der Waals surface area contributed by atoms with Crippen molar-refractivity contribution >= 4 is 23.2 Å². The van der Waals surface area contributed by atoms with Crippen LogP contribution in [0.2, 0.25) is 0 Å². The molecule has 2 aliphatic heterocycles. The van der Waals surface area contributed by atoms with Gasteiger partial charge in [0.25, 0.3) is 0 Å². The Morgan fingerprint density at radius 1 is 0.655 bits per heavy atom. The standard InChI is InChI=1S/C21H22N2O6/c24-20(22-14-4-6-16-18(12-14)28-10-8-26-16)2-1-3-21(25)23-15-5-7-17-19(13-15)29-11-9-27-17/h4-7,12-13H,1-3,8-11H2,(H,22,24)(H,23,25). The first-order valence-corrected chi connectivity index (χ1v) is 9.56. The van der Waals surface area contributed by atoms with E-state index in [0.29, 0.717) is 67.2 Å². The van der Waals surface area contributed by atoms with Crippen molar-refractivity contribution in [2.45, 2.75) is 19.3 Å². The van der Waals surface area contributed by atoms with Gasteiger partial charge in [0.1, 0.15) is 26.4 Å². The van der Waals surface area contributed by atoms with Crippen LogP contribution < -0.4 is 29.6 Å². The lowest BCUT2D eigenvalue weighted by molar-refractivity contribution is -0.117. The molecule has 0 fully saturated rings. The number of hydrogen-bond acceptors (Lipinski definition) is 6. The molecule has 2 aliphatic rings. The van der Waals surface area contributed by atoms with E-state index in [2.05, 4.69) is 10.6 Å². The topological polar surface area (TPSA) is 95.1 Å². The molecule has 2 heterocycles. The molecule has 4 rings (SSSR count). The third-order valence-electron chi connectivity index (χ3n) is 4.46. The summed E-state index contributed by atoms with van der Waals surface area (Å²) in [4.78, 5) is 24.3. The molecule has 0 bridgehead atoms. The molecule has 0 radical (unpaired) electrons. The van der Waals surface area contributed by atoms with Crippen molar-refractivity contribution in [2.24, 2.45) is 0 Å². The molecular formula is C21H22N2O6. The molecule has 0 aromatic heterocycles. The Morgan fingerprint density at radius 2 is 1.07 bits per heavy atom. The van der Waals surface area contributed by atoms with E-state index in [1.807, 2.05) is 0 Å². The van der Waals surface area contributed by atoms with Crippen molar-refractivity contribution in [1.82, 2.24) is 0 Å². The number of benzene rings is 2. The molecule has 152 valence electrons. The first-order chi connectivity index (χ1) is 14.2. The number of rotatable bonds is 6. The van der Waals surface area contributed by atoms with Gasteiger partial charge < -0.3 is 29.6 Å². The molecular weight excluding hydrogens is 376 g/mol. The van der Waals surface area contributed by atoms with E-state index in [1.165, 1.54) is 0 Å².